The van der Waals surface area contributed by atoms with E-state index in [0.717, 1.165) is 30.5 Å². The Kier molecular flexibility index (Phi) is 7.66. The first-order valence-electron chi connectivity index (χ1n) is 14.4. The average molecular weight is 566 g/mol. The Labute approximate surface area is 244 Å². The van der Waals surface area contributed by atoms with Crippen LogP contribution in [0.3, 0.4) is 0 Å². The summed E-state index contributed by atoms with van der Waals surface area (Å²) in [5.41, 5.74) is 9.90. The van der Waals surface area contributed by atoms with Gasteiger partial charge in [-0.2, -0.15) is 5.10 Å². The second-order valence-electron chi connectivity index (χ2n) is 11.2. The van der Waals surface area contributed by atoms with Crippen LogP contribution in [0.15, 0.2) is 61.1 Å². The topological polar surface area (TPSA) is 135 Å². The van der Waals surface area contributed by atoms with Gasteiger partial charge in [0.05, 0.1) is 11.4 Å². The van der Waals surface area contributed by atoms with Gasteiger partial charge in [0.25, 0.3) is 5.91 Å². The van der Waals surface area contributed by atoms with E-state index in [0.29, 0.717) is 53.1 Å². The summed E-state index contributed by atoms with van der Waals surface area (Å²) in [5.74, 6) is 0.599. The molecule has 4 aromatic rings. The van der Waals surface area contributed by atoms with E-state index in [1.807, 2.05) is 46.8 Å². The molecule has 1 saturated carbocycles. The molecule has 2 fully saturated rings. The first kappa shape index (κ1) is 27.5. The molecule has 1 unspecified atom stereocenters. The van der Waals surface area contributed by atoms with Gasteiger partial charge in [-0.1, -0.05) is 18.2 Å². The Bertz CT molecular complexity index is 1640. The molecule has 3 N–H and O–H groups in total. The summed E-state index contributed by atoms with van der Waals surface area (Å²) in [5, 5.41) is 8.45. The number of likely N-dealkylation sites (tertiary alicyclic amines) is 1. The minimum atomic E-state index is -0.252. The molecule has 0 bridgehead atoms. The van der Waals surface area contributed by atoms with E-state index < -0.39 is 0 Å². The standard InChI is InChI=1S/C31H35N9O2/c1-20-13-14-33-25(17-20)36-31(42)22-9-7-21(8-10-22)28-27-29(32)34-19-35-30(27)40(37-28)24-5-3-16-39(18-24)26(41)6-4-15-38(2)23-11-12-23/h4,6-10,13-14,17,19,23-24H,3,5,11-12,15-16,18H2,1-2H3,(H2,32,34,35)(H,33,36,42)/b6-4+. The number of likely N-dealkylation sites (N-methyl/N-ethyl adjacent to an activating group) is 1. The summed E-state index contributed by atoms with van der Waals surface area (Å²) in [7, 11) is 2.10. The summed E-state index contributed by atoms with van der Waals surface area (Å²) in [6.07, 6.45) is 11.0. The van der Waals surface area contributed by atoms with Gasteiger partial charge in [0, 0.05) is 49.1 Å². The van der Waals surface area contributed by atoms with Crippen molar-refractivity contribution in [1.29, 1.82) is 0 Å². The zero-order chi connectivity index (χ0) is 29.2. The number of hydrogen-bond donors (Lipinski definition) is 2. The maximum absolute atomic E-state index is 13.0. The second-order valence-corrected chi connectivity index (χ2v) is 11.2. The molecule has 6 rings (SSSR count). The first-order chi connectivity index (χ1) is 20.4. The Hall–Kier alpha value is -4.64. The number of aryl methyl sites for hydroxylation is 1. The highest BCUT2D eigenvalue weighted by Crippen LogP contribution is 2.34. The summed E-state index contributed by atoms with van der Waals surface area (Å²) < 4.78 is 1.89. The van der Waals surface area contributed by atoms with Crippen LogP contribution in [0.1, 0.15) is 47.6 Å². The highest BCUT2D eigenvalue weighted by Gasteiger charge is 2.29. The summed E-state index contributed by atoms with van der Waals surface area (Å²) in [6, 6.07) is 11.5. The Balaban J connectivity index is 1.22. The van der Waals surface area contributed by atoms with Crippen molar-refractivity contribution in [1.82, 2.24) is 34.5 Å². The molecule has 3 aromatic heterocycles. The van der Waals surface area contributed by atoms with E-state index in [1.165, 1.54) is 19.2 Å². The molecule has 1 saturated heterocycles. The molecule has 11 nitrogen and oxygen atoms in total. The number of fused-ring (bicyclic) bond motifs is 1. The maximum Gasteiger partial charge on any atom is 0.256 e. The quantitative estimate of drug-likeness (QED) is 0.308. The van der Waals surface area contributed by atoms with Gasteiger partial charge in [-0.05, 0) is 69.5 Å². The van der Waals surface area contributed by atoms with E-state index in [4.69, 9.17) is 10.8 Å². The minimum absolute atomic E-state index is 0.0180. The highest BCUT2D eigenvalue weighted by molar-refractivity contribution is 6.04. The predicted octanol–water partition coefficient (Wildman–Crippen LogP) is 3.85. The number of pyridine rings is 1. The Morgan fingerprint density at radius 2 is 1.93 bits per heavy atom. The third-order valence-corrected chi connectivity index (χ3v) is 7.97. The molecular formula is C31H35N9O2. The van der Waals surface area contributed by atoms with Crippen molar-refractivity contribution in [2.45, 2.75) is 44.7 Å². The number of nitrogens with two attached hydrogens (primary N) is 1. The Morgan fingerprint density at radius 3 is 2.69 bits per heavy atom. The summed E-state index contributed by atoms with van der Waals surface area (Å²) in [6.45, 7) is 3.97. The van der Waals surface area contributed by atoms with Crippen molar-refractivity contribution in [2.75, 3.05) is 37.7 Å². The van der Waals surface area contributed by atoms with Gasteiger partial charge >= 0.3 is 0 Å². The van der Waals surface area contributed by atoms with Crippen LogP contribution in [0.25, 0.3) is 22.3 Å². The number of carbonyl (C=O) groups excluding carboxylic acids is 2. The fourth-order valence-corrected chi connectivity index (χ4v) is 5.47. The molecule has 4 heterocycles. The number of nitrogens with one attached hydrogen (secondary N) is 1. The van der Waals surface area contributed by atoms with Gasteiger partial charge in [0.1, 0.15) is 23.7 Å². The summed E-state index contributed by atoms with van der Waals surface area (Å²) in [4.78, 5) is 43.0. The van der Waals surface area contributed by atoms with Crippen LogP contribution < -0.4 is 11.1 Å². The number of amides is 2. The number of aromatic nitrogens is 5. The predicted molar refractivity (Wildman–Crippen MR) is 162 cm³/mol. The molecule has 1 aliphatic heterocycles. The van der Waals surface area contributed by atoms with Crippen molar-refractivity contribution >= 4 is 34.5 Å². The zero-order valence-corrected chi connectivity index (χ0v) is 23.9. The van der Waals surface area contributed by atoms with Gasteiger partial charge in [-0.3, -0.25) is 14.5 Å². The van der Waals surface area contributed by atoms with E-state index in [2.05, 4.69) is 32.2 Å². The van der Waals surface area contributed by atoms with Crippen molar-refractivity contribution in [2.24, 2.45) is 0 Å². The van der Waals surface area contributed by atoms with Gasteiger partial charge in [0.15, 0.2) is 5.65 Å². The minimum Gasteiger partial charge on any atom is -0.383 e. The van der Waals surface area contributed by atoms with Crippen LogP contribution >= 0.6 is 0 Å². The molecule has 0 spiro atoms. The van der Waals surface area contributed by atoms with Gasteiger partial charge in [-0.15, -0.1) is 0 Å². The SMILES string of the molecule is Cc1ccnc(NC(=O)c2ccc(-c3nn(C4CCCN(C(=O)/C=C/CN(C)C5CC5)C4)c4ncnc(N)c34)cc2)c1. The molecule has 1 atom stereocenters. The van der Waals surface area contributed by atoms with Crippen molar-refractivity contribution in [3.8, 4) is 11.3 Å². The number of piperidine rings is 1. The van der Waals surface area contributed by atoms with E-state index >= 15 is 0 Å². The molecule has 1 aliphatic carbocycles. The number of hydrogen-bond acceptors (Lipinski definition) is 8. The lowest BCUT2D eigenvalue weighted by atomic mass is 10.1. The van der Waals surface area contributed by atoms with Gasteiger partial charge in [-0.25, -0.2) is 19.6 Å². The third kappa shape index (κ3) is 5.87. The van der Waals surface area contributed by atoms with E-state index in [1.54, 1.807) is 24.4 Å². The maximum atomic E-state index is 13.0. The molecule has 0 radical (unpaired) electrons. The zero-order valence-electron chi connectivity index (χ0n) is 23.9. The monoisotopic (exact) mass is 565 g/mol. The van der Waals surface area contributed by atoms with Crippen LogP contribution in [0.5, 0.6) is 0 Å². The molecule has 1 aromatic carbocycles. The number of nitrogen functional groups attached to an aromatic ring is 1. The fourth-order valence-electron chi connectivity index (χ4n) is 5.47. The van der Waals surface area contributed by atoms with Crippen molar-refractivity contribution < 1.29 is 9.59 Å². The number of anilines is 2. The number of rotatable bonds is 8. The molecular weight excluding hydrogens is 530 g/mol. The van der Waals surface area contributed by atoms with Crippen molar-refractivity contribution in [3.63, 3.8) is 0 Å². The lowest BCUT2D eigenvalue weighted by Gasteiger charge is -2.32. The normalized spacial score (nSPS) is 17.3. The number of carbonyl (C=O) groups is 2. The lowest BCUT2D eigenvalue weighted by Crippen LogP contribution is -2.40. The smallest absolute Gasteiger partial charge is 0.256 e. The van der Waals surface area contributed by atoms with Crippen LogP contribution in [0.2, 0.25) is 0 Å². The van der Waals surface area contributed by atoms with E-state index in [-0.39, 0.29) is 17.9 Å². The number of nitrogens with zero attached hydrogens (tertiary/aromatic N) is 7. The number of benzene rings is 1. The van der Waals surface area contributed by atoms with Crippen LogP contribution in [-0.4, -0.2) is 79.1 Å². The van der Waals surface area contributed by atoms with Crippen molar-refractivity contribution in [3.05, 3.63) is 72.2 Å². The Morgan fingerprint density at radius 1 is 1.12 bits per heavy atom. The first-order valence-corrected chi connectivity index (χ1v) is 14.4. The van der Waals surface area contributed by atoms with E-state index in [9.17, 15) is 9.59 Å². The van der Waals surface area contributed by atoms with Gasteiger partial charge < -0.3 is 16.0 Å². The fraction of sp³-hybridized carbons (Fsp3) is 0.355. The van der Waals surface area contributed by atoms with Gasteiger partial charge in [0.2, 0.25) is 5.91 Å². The molecule has 42 heavy (non-hydrogen) atoms. The molecule has 2 aliphatic rings. The van der Waals surface area contributed by atoms with Crippen LogP contribution in [-0.2, 0) is 4.79 Å². The second kappa shape index (κ2) is 11.7. The molecule has 216 valence electrons. The molecule has 2 amide bonds. The van der Waals surface area contributed by atoms with Crippen LogP contribution in [0.4, 0.5) is 11.6 Å². The highest BCUT2D eigenvalue weighted by atomic mass is 16.2. The third-order valence-electron chi connectivity index (χ3n) is 7.97. The van der Waals surface area contributed by atoms with Crippen LogP contribution in [0, 0.1) is 6.92 Å². The largest absolute Gasteiger partial charge is 0.383 e. The lowest BCUT2D eigenvalue weighted by molar-refractivity contribution is -0.127. The molecule has 11 heteroatoms. The average Bonchev–Trinajstić information content (AvgIpc) is 3.77. The summed E-state index contributed by atoms with van der Waals surface area (Å²) >= 11 is 0.